The average molecular weight is 439 g/mol. The van der Waals surface area contributed by atoms with Gasteiger partial charge < -0.3 is 16.0 Å². The zero-order valence-electron chi connectivity index (χ0n) is 16.5. The molecule has 3 aromatic rings. The van der Waals surface area contributed by atoms with Gasteiger partial charge in [0.1, 0.15) is 5.69 Å². The molecule has 0 radical (unpaired) electrons. The van der Waals surface area contributed by atoms with Gasteiger partial charge in [-0.15, -0.1) is 0 Å². The van der Waals surface area contributed by atoms with E-state index in [1.807, 2.05) is 0 Å². The van der Waals surface area contributed by atoms with Gasteiger partial charge in [-0.1, -0.05) is 29.8 Å². The lowest BCUT2D eigenvalue weighted by Crippen LogP contribution is -2.23. The van der Waals surface area contributed by atoms with E-state index in [1.54, 1.807) is 61.5 Å². The molecule has 0 saturated carbocycles. The van der Waals surface area contributed by atoms with Gasteiger partial charge >= 0.3 is 0 Å². The second-order valence-electron chi connectivity index (χ2n) is 6.69. The highest BCUT2D eigenvalue weighted by molar-refractivity contribution is 6.30. The third-order valence-corrected chi connectivity index (χ3v) is 4.59. The summed E-state index contributed by atoms with van der Waals surface area (Å²) in [6, 6.07) is 17.9. The predicted octanol–water partition coefficient (Wildman–Crippen LogP) is 4.86. The van der Waals surface area contributed by atoms with Gasteiger partial charge in [-0.05, 0) is 55.0 Å². The topological polar surface area (TPSA) is 113 Å². The van der Waals surface area contributed by atoms with Crippen molar-refractivity contribution >= 4 is 46.2 Å². The van der Waals surface area contributed by atoms with Crippen LogP contribution in [0.1, 0.15) is 15.9 Å². The number of carbonyl (C=O) groups is 2. The van der Waals surface area contributed by atoms with E-state index in [0.717, 1.165) is 0 Å². The van der Waals surface area contributed by atoms with Crippen molar-refractivity contribution in [2.24, 2.45) is 0 Å². The Labute approximate surface area is 183 Å². The molecule has 0 heterocycles. The predicted molar refractivity (Wildman–Crippen MR) is 121 cm³/mol. The number of carbonyl (C=O) groups excluding carboxylic acids is 2. The molecule has 3 N–H and O–H groups in total. The van der Waals surface area contributed by atoms with E-state index < -0.39 is 10.8 Å². The van der Waals surface area contributed by atoms with E-state index in [0.29, 0.717) is 27.5 Å². The maximum absolute atomic E-state index is 12.6. The van der Waals surface area contributed by atoms with Crippen molar-refractivity contribution in [3.63, 3.8) is 0 Å². The summed E-state index contributed by atoms with van der Waals surface area (Å²) in [5, 5.41) is 20.0. The lowest BCUT2D eigenvalue weighted by atomic mass is 10.1. The average Bonchev–Trinajstić information content (AvgIpc) is 2.75. The van der Waals surface area contributed by atoms with Gasteiger partial charge in [-0.2, -0.15) is 0 Å². The van der Waals surface area contributed by atoms with Crippen molar-refractivity contribution in [3.8, 4) is 0 Å². The number of nitrogens with one attached hydrogen (secondary N) is 3. The highest BCUT2D eigenvalue weighted by Crippen LogP contribution is 2.25. The molecular weight excluding hydrogens is 420 g/mol. The molecule has 0 aliphatic carbocycles. The van der Waals surface area contributed by atoms with Crippen LogP contribution in [0, 0.1) is 17.0 Å². The van der Waals surface area contributed by atoms with Crippen LogP contribution in [-0.2, 0) is 4.79 Å². The van der Waals surface area contributed by atoms with Gasteiger partial charge in [-0.25, -0.2) is 0 Å². The van der Waals surface area contributed by atoms with E-state index >= 15 is 0 Å². The van der Waals surface area contributed by atoms with Gasteiger partial charge in [0.25, 0.3) is 11.6 Å². The van der Waals surface area contributed by atoms with E-state index in [1.165, 1.54) is 12.1 Å². The Morgan fingerprint density at radius 1 is 0.968 bits per heavy atom. The molecule has 0 bridgehead atoms. The van der Waals surface area contributed by atoms with Crippen LogP contribution >= 0.6 is 11.6 Å². The molecule has 0 aliphatic rings. The SMILES string of the molecule is Cc1ccc(NC(=O)CNc2ccccc2C(=O)Nc2ccc(Cl)cc2)c([N+](=O)[O-])c1. The molecule has 158 valence electrons. The van der Waals surface area contributed by atoms with Crippen molar-refractivity contribution in [1.82, 2.24) is 0 Å². The summed E-state index contributed by atoms with van der Waals surface area (Å²) in [5.74, 6) is -0.847. The number of nitrogens with zero attached hydrogens (tertiary/aromatic N) is 1. The fourth-order valence-corrected chi connectivity index (χ4v) is 2.96. The quantitative estimate of drug-likeness (QED) is 0.360. The number of halogens is 1. The number of aryl methyl sites for hydroxylation is 1. The molecule has 0 fully saturated rings. The first-order valence-corrected chi connectivity index (χ1v) is 9.66. The summed E-state index contributed by atoms with van der Waals surface area (Å²) in [7, 11) is 0. The van der Waals surface area contributed by atoms with Crippen LogP contribution < -0.4 is 16.0 Å². The van der Waals surface area contributed by atoms with E-state index in [2.05, 4.69) is 16.0 Å². The molecule has 31 heavy (non-hydrogen) atoms. The van der Waals surface area contributed by atoms with Crippen LogP contribution in [-0.4, -0.2) is 23.3 Å². The first-order valence-electron chi connectivity index (χ1n) is 9.28. The maximum atomic E-state index is 12.6. The summed E-state index contributed by atoms with van der Waals surface area (Å²) in [6.07, 6.45) is 0. The van der Waals surface area contributed by atoms with Crippen molar-refractivity contribution in [1.29, 1.82) is 0 Å². The summed E-state index contributed by atoms with van der Waals surface area (Å²) in [6.45, 7) is 1.54. The summed E-state index contributed by atoms with van der Waals surface area (Å²) in [4.78, 5) is 35.6. The fraction of sp³-hybridized carbons (Fsp3) is 0.0909. The number of hydrogen-bond acceptors (Lipinski definition) is 5. The van der Waals surface area contributed by atoms with Crippen molar-refractivity contribution in [2.75, 3.05) is 22.5 Å². The number of nitro groups is 1. The first-order chi connectivity index (χ1) is 14.8. The lowest BCUT2D eigenvalue weighted by Gasteiger charge is -2.13. The minimum atomic E-state index is -0.549. The van der Waals surface area contributed by atoms with Gasteiger partial charge in [0, 0.05) is 22.5 Å². The van der Waals surface area contributed by atoms with Crippen molar-refractivity contribution in [3.05, 3.63) is 93.0 Å². The second-order valence-corrected chi connectivity index (χ2v) is 7.12. The molecule has 0 aliphatic heterocycles. The van der Waals surface area contributed by atoms with Gasteiger partial charge in [-0.3, -0.25) is 19.7 Å². The number of amides is 2. The second kappa shape index (κ2) is 9.73. The molecule has 8 nitrogen and oxygen atoms in total. The van der Waals surface area contributed by atoms with Crippen molar-refractivity contribution in [2.45, 2.75) is 6.92 Å². The molecular formula is C22H19ClN4O4. The third kappa shape index (κ3) is 5.80. The number of para-hydroxylation sites is 1. The lowest BCUT2D eigenvalue weighted by molar-refractivity contribution is -0.384. The summed E-state index contributed by atoms with van der Waals surface area (Å²) < 4.78 is 0. The van der Waals surface area contributed by atoms with Gasteiger partial charge in [0.2, 0.25) is 5.91 Å². The smallest absolute Gasteiger partial charge is 0.293 e. The van der Waals surface area contributed by atoms with Crippen LogP contribution in [0.15, 0.2) is 66.7 Å². The summed E-state index contributed by atoms with van der Waals surface area (Å²) >= 11 is 5.86. The molecule has 0 unspecified atom stereocenters. The maximum Gasteiger partial charge on any atom is 0.293 e. The van der Waals surface area contributed by atoms with Crippen LogP contribution in [0.2, 0.25) is 5.02 Å². The Balaban J connectivity index is 1.67. The minimum absolute atomic E-state index is 0.108. The standard InChI is InChI=1S/C22H19ClN4O4/c1-14-6-11-19(20(12-14)27(30)31)26-21(28)13-24-18-5-3-2-4-17(18)22(29)25-16-9-7-15(23)8-10-16/h2-12,24H,13H2,1H3,(H,25,29)(H,26,28). The van der Waals surface area contributed by atoms with Crippen LogP contribution in [0.3, 0.4) is 0 Å². The highest BCUT2D eigenvalue weighted by atomic mass is 35.5. The number of anilines is 3. The zero-order valence-corrected chi connectivity index (χ0v) is 17.3. The highest BCUT2D eigenvalue weighted by Gasteiger charge is 2.17. The molecule has 9 heteroatoms. The Morgan fingerprint density at radius 3 is 2.39 bits per heavy atom. The van der Waals surface area contributed by atoms with Crippen LogP contribution in [0.4, 0.5) is 22.7 Å². The number of rotatable bonds is 7. The number of nitro benzene ring substituents is 1. The molecule has 0 aromatic heterocycles. The molecule has 0 saturated heterocycles. The first kappa shape index (κ1) is 21.8. The molecule has 3 rings (SSSR count). The Hall–Kier alpha value is -3.91. The van der Waals surface area contributed by atoms with Gasteiger partial charge in [0.15, 0.2) is 0 Å². The van der Waals surface area contributed by atoms with Crippen LogP contribution in [0.25, 0.3) is 0 Å². The third-order valence-electron chi connectivity index (χ3n) is 4.34. The van der Waals surface area contributed by atoms with Gasteiger partial charge in [0.05, 0.1) is 17.0 Å². The Morgan fingerprint density at radius 2 is 1.68 bits per heavy atom. The Kier molecular flexibility index (Phi) is 6.84. The molecule has 3 aromatic carbocycles. The Bertz CT molecular complexity index is 1130. The van der Waals surface area contributed by atoms with E-state index in [4.69, 9.17) is 11.6 Å². The molecule has 0 atom stereocenters. The molecule has 2 amide bonds. The molecule has 0 spiro atoms. The largest absolute Gasteiger partial charge is 0.376 e. The minimum Gasteiger partial charge on any atom is -0.376 e. The van der Waals surface area contributed by atoms with Crippen molar-refractivity contribution < 1.29 is 14.5 Å². The van der Waals surface area contributed by atoms with Crippen LogP contribution in [0.5, 0.6) is 0 Å². The fourth-order valence-electron chi connectivity index (χ4n) is 2.84. The number of benzene rings is 3. The normalized spacial score (nSPS) is 10.3. The van der Waals surface area contributed by atoms with E-state index in [-0.39, 0.29) is 23.8 Å². The summed E-state index contributed by atoms with van der Waals surface area (Å²) in [5.41, 5.74) is 2.00. The number of hydrogen-bond donors (Lipinski definition) is 3. The van der Waals surface area contributed by atoms with E-state index in [9.17, 15) is 19.7 Å². The zero-order chi connectivity index (χ0) is 22.4. The monoisotopic (exact) mass is 438 g/mol.